The van der Waals surface area contributed by atoms with Crippen molar-refractivity contribution in [3.63, 3.8) is 0 Å². The van der Waals surface area contributed by atoms with E-state index in [1.54, 1.807) is 4.90 Å². The zero-order valence-electron chi connectivity index (χ0n) is 12.5. The monoisotopic (exact) mass is 271 g/mol. The minimum atomic E-state index is -0.643. The largest absolute Gasteiger partial charge is 0.444 e. The number of aliphatic hydroxyl groups excluding tert-OH is 1. The third-order valence-corrected chi connectivity index (χ3v) is 3.82. The molecule has 0 aromatic carbocycles. The molecule has 110 valence electrons. The lowest BCUT2D eigenvalue weighted by molar-refractivity contribution is -0.0634. The van der Waals surface area contributed by atoms with Crippen LogP contribution in [0.15, 0.2) is 0 Å². The zero-order chi connectivity index (χ0) is 14.4. The lowest BCUT2D eigenvalue weighted by atomic mass is 10.1. The highest BCUT2D eigenvalue weighted by molar-refractivity contribution is 5.70. The molecular weight excluding hydrogens is 246 g/mol. The molecule has 1 N–H and O–H groups in total. The molecule has 2 fully saturated rings. The van der Waals surface area contributed by atoms with Gasteiger partial charge < -0.3 is 14.6 Å². The fourth-order valence-electron chi connectivity index (χ4n) is 2.77. The highest BCUT2D eigenvalue weighted by Gasteiger charge is 2.54. The molecule has 5 nitrogen and oxygen atoms in total. The van der Waals surface area contributed by atoms with Crippen molar-refractivity contribution in [1.29, 1.82) is 0 Å². The van der Waals surface area contributed by atoms with Crippen LogP contribution in [0.4, 0.5) is 4.79 Å². The van der Waals surface area contributed by atoms with Crippen molar-refractivity contribution in [2.24, 2.45) is 11.8 Å². The molecular formula is C14H25NO4. The number of aliphatic hydroxyl groups is 1. The van der Waals surface area contributed by atoms with Crippen molar-refractivity contribution in [3.8, 4) is 0 Å². The molecule has 2 aliphatic rings. The first kappa shape index (κ1) is 14.6. The third kappa shape index (κ3) is 3.03. The predicted molar refractivity (Wildman–Crippen MR) is 70.6 cm³/mol. The van der Waals surface area contributed by atoms with Gasteiger partial charge in [-0.3, -0.25) is 4.90 Å². The van der Waals surface area contributed by atoms with Gasteiger partial charge in [0.1, 0.15) is 11.3 Å². The summed E-state index contributed by atoms with van der Waals surface area (Å²) in [5.74, 6) is 0.631. The Morgan fingerprint density at radius 1 is 1.47 bits per heavy atom. The number of carbonyl (C=O) groups is 1. The quantitative estimate of drug-likeness (QED) is 0.834. The van der Waals surface area contributed by atoms with Crippen molar-refractivity contribution in [3.05, 3.63) is 0 Å². The van der Waals surface area contributed by atoms with E-state index < -0.39 is 11.3 Å². The zero-order valence-corrected chi connectivity index (χ0v) is 12.5. The number of hydrogen-bond acceptors (Lipinski definition) is 4. The molecule has 1 saturated carbocycles. The minimum absolute atomic E-state index is 0.0157. The second-order valence-corrected chi connectivity index (χ2v) is 7.02. The summed E-state index contributed by atoms with van der Waals surface area (Å²) in [5.41, 5.74) is -1.16. The van der Waals surface area contributed by atoms with Crippen LogP contribution in [0.25, 0.3) is 0 Å². The fourth-order valence-corrected chi connectivity index (χ4v) is 2.77. The van der Waals surface area contributed by atoms with Gasteiger partial charge in [-0.15, -0.1) is 0 Å². The normalized spacial score (nSPS) is 33.4. The van der Waals surface area contributed by atoms with Gasteiger partial charge in [0.05, 0.1) is 12.6 Å². The van der Waals surface area contributed by atoms with Crippen LogP contribution < -0.4 is 0 Å². The Hall–Kier alpha value is -0.810. The Labute approximate surface area is 114 Å². The van der Waals surface area contributed by atoms with E-state index in [1.807, 2.05) is 34.6 Å². The predicted octanol–water partition coefficient (Wildman–Crippen LogP) is 1.99. The van der Waals surface area contributed by atoms with Crippen LogP contribution in [0.3, 0.4) is 0 Å². The molecule has 0 unspecified atom stereocenters. The van der Waals surface area contributed by atoms with Gasteiger partial charge in [0, 0.05) is 6.61 Å². The Bertz CT molecular complexity index is 361. The second kappa shape index (κ2) is 4.63. The third-order valence-electron chi connectivity index (χ3n) is 3.82. The molecule has 19 heavy (non-hydrogen) atoms. The van der Waals surface area contributed by atoms with E-state index in [0.29, 0.717) is 18.4 Å². The van der Waals surface area contributed by atoms with Crippen molar-refractivity contribution in [1.82, 2.24) is 4.90 Å². The average molecular weight is 271 g/mol. The SMILES string of the molecule is CC(C)(C)OC(=O)N1[C@H]([C@H]2C[C@@H]2CO)COC1(C)C. The van der Waals surface area contributed by atoms with E-state index in [4.69, 9.17) is 9.47 Å². The van der Waals surface area contributed by atoms with E-state index in [2.05, 4.69) is 0 Å². The van der Waals surface area contributed by atoms with Gasteiger partial charge in [-0.05, 0) is 52.9 Å². The summed E-state index contributed by atoms with van der Waals surface area (Å²) < 4.78 is 11.2. The molecule has 0 aromatic rings. The molecule has 0 aromatic heterocycles. The molecule has 2 rings (SSSR count). The second-order valence-electron chi connectivity index (χ2n) is 7.02. The lowest BCUT2D eigenvalue weighted by Crippen LogP contribution is -2.50. The summed E-state index contributed by atoms with van der Waals surface area (Å²) >= 11 is 0. The van der Waals surface area contributed by atoms with Gasteiger partial charge in [0.15, 0.2) is 0 Å². The fraction of sp³-hybridized carbons (Fsp3) is 0.929. The Kier molecular flexibility index (Phi) is 3.56. The Morgan fingerprint density at radius 3 is 2.58 bits per heavy atom. The first-order chi connectivity index (χ1) is 8.65. The first-order valence-corrected chi connectivity index (χ1v) is 6.93. The summed E-state index contributed by atoms with van der Waals surface area (Å²) in [5, 5.41) is 9.20. The van der Waals surface area contributed by atoms with Gasteiger partial charge >= 0.3 is 6.09 Å². The number of hydrogen-bond donors (Lipinski definition) is 1. The molecule has 0 bridgehead atoms. The molecule has 5 heteroatoms. The van der Waals surface area contributed by atoms with Gasteiger partial charge in [0.2, 0.25) is 0 Å². The van der Waals surface area contributed by atoms with E-state index in [-0.39, 0.29) is 18.7 Å². The number of nitrogens with zero attached hydrogens (tertiary/aromatic N) is 1. The van der Waals surface area contributed by atoms with Crippen LogP contribution in [0, 0.1) is 11.8 Å². The lowest BCUT2D eigenvalue weighted by Gasteiger charge is -2.35. The van der Waals surface area contributed by atoms with E-state index in [1.165, 1.54) is 0 Å². The van der Waals surface area contributed by atoms with Crippen LogP contribution in [-0.4, -0.2) is 46.7 Å². The molecule has 0 radical (unpaired) electrons. The molecule has 1 heterocycles. The molecule has 0 spiro atoms. The highest BCUT2D eigenvalue weighted by Crippen LogP contribution is 2.47. The number of amides is 1. The summed E-state index contributed by atoms with van der Waals surface area (Å²) in [6, 6.07) is 0.0157. The van der Waals surface area contributed by atoms with Gasteiger partial charge in [-0.2, -0.15) is 0 Å². The summed E-state index contributed by atoms with van der Waals surface area (Å²) in [6.45, 7) is 10.0. The van der Waals surface area contributed by atoms with Gasteiger partial charge in [-0.25, -0.2) is 4.79 Å². The number of carbonyl (C=O) groups excluding carboxylic acids is 1. The van der Waals surface area contributed by atoms with Crippen molar-refractivity contribution in [2.75, 3.05) is 13.2 Å². The standard InChI is InChI=1S/C14H25NO4/c1-13(2,3)19-12(17)15-11(8-18-14(15,4)5)10-6-9(10)7-16/h9-11,16H,6-8H2,1-5H3/t9-,10+,11+/m1/s1. The van der Waals surface area contributed by atoms with E-state index >= 15 is 0 Å². The number of ether oxygens (including phenoxy) is 2. The van der Waals surface area contributed by atoms with Crippen LogP contribution in [0.5, 0.6) is 0 Å². The first-order valence-electron chi connectivity index (χ1n) is 6.93. The van der Waals surface area contributed by atoms with Crippen LogP contribution in [0.2, 0.25) is 0 Å². The van der Waals surface area contributed by atoms with Crippen molar-refractivity contribution in [2.45, 2.75) is 58.4 Å². The topological polar surface area (TPSA) is 59.0 Å². The highest BCUT2D eigenvalue weighted by atomic mass is 16.6. The van der Waals surface area contributed by atoms with Gasteiger partial charge in [0.25, 0.3) is 0 Å². The summed E-state index contributed by atoms with van der Waals surface area (Å²) in [4.78, 5) is 14.1. The van der Waals surface area contributed by atoms with Gasteiger partial charge in [-0.1, -0.05) is 0 Å². The maximum Gasteiger partial charge on any atom is 0.412 e. The Balaban J connectivity index is 2.11. The molecule has 1 aliphatic carbocycles. The molecule has 1 aliphatic heterocycles. The van der Waals surface area contributed by atoms with E-state index in [0.717, 1.165) is 6.42 Å². The smallest absolute Gasteiger partial charge is 0.412 e. The number of rotatable bonds is 2. The molecule has 1 saturated heterocycles. The maximum atomic E-state index is 12.4. The van der Waals surface area contributed by atoms with Crippen LogP contribution >= 0.6 is 0 Å². The van der Waals surface area contributed by atoms with Crippen molar-refractivity contribution < 1.29 is 19.4 Å². The average Bonchev–Trinajstić information content (AvgIpc) is 2.93. The maximum absolute atomic E-state index is 12.4. The van der Waals surface area contributed by atoms with Crippen molar-refractivity contribution >= 4 is 6.09 Å². The molecule has 1 amide bonds. The van der Waals surface area contributed by atoms with E-state index in [9.17, 15) is 9.90 Å². The molecule has 3 atom stereocenters. The minimum Gasteiger partial charge on any atom is -0.444 e. The van der Waals surface area contributed by atoms with Crippen LogP contribution in [-0.2, 0) is 9.47 Å². The summed E-state index contributed by atoms with van der Waals surface area (Å²) in [7, 11) is 0. The summed E-state index contributed by atoms with van der Waals surface area (Å²) in [6.07, 6.45) is 0.628. The Morgan fingerprint density at radius 2 is 2.11 bits per heavy atom. The van der Waals surface area contributed by atoms with Crippen LogP contribution in [0.1, 0.15) is 41.0 Å².